The number of sulfonamides is 1. The van der Waals surface area contributed by atoms with Crippen molar-refractivity contribution in [2.75, 3.05) is 18.8 Å². The third kappa shape index (κ3) is 6.18. The van der Waals surface area contributed by atoms with Crippen molar-refractivity contribution in [3.8, 4) is 0 Å². The van der Waals surface area contributed by atoms with Crippen LogP contribution in [0.15, 0.2) is 71.6 Å². The molecule has 0 heterocycles. The molecule has 0 atom stereocenters. The standard InChI is InChI=1S/C25H29N3O3S/c1-18-5-12-23(15-19(18)2)27-32(30,31)24-13-10-22(11-14-24)25(29)26-16-20-6-8-21(9-7-20)17-28(3)4/h5-15,27H,16-17H2,1-4H3,(H,26,29). The zero-order chi connectivity index (χ0) is 23.3. The summed E-state index contributed by atoms with van der Waals surface area (Å²) in [6, 6.07) is 19.4. The highest BCUT2D eigenvalue weighted by molar-refractivity contribution is 7.92. The Morgan fingerprint density at radius 3 is 2.06 bits per heavy atom. The van der Waals surface area contributed by atoms with Crippen LogP contribution in [0, 0.1) is 13.8 Å². The van der Waals surface area contributed by atoms with Crippen LogP contribution in [0.2, 0.25) is 0 Å². The van der Waals surface area contributed by atoms with Gasteiger partial charge in [0.05, 0.1) is 4.90 Å². The van der Waals surface area contributed by atoms with E-state index in [0.29, 0.717) is 17.8 Å². The molecule has 3 aromatic carbocycles. The third-order valence-electron chi connectivity index (χ3n) is 5.16. The Kier molecular flexibility index (Phi) is 7.33. The summed E-state index contributed by atoms with van der Waals surface area (Å²) >= 11 is 0. The summed E-state index contributed by atoms with van der Waals surface area (Å²) in [7, 11) is 0.297. The first-order chi connectivity index (χ1) is 15.1. The van der Waals surface area contributed by atoms with Crippen LogP contribution in [0.5, 0.6) is 0 Å². The molecule has 3 aromatic rings. The Hall–Kier alpha value is -3.16. The molecule has 168 valence electrons. The lowest BCUT2D eigenvalue weighted by molar-refractivity contribution is 0.0951. The summed E-state index contributed by atoms with van der Waals surface area (Å²) in [6.45, 7) is 5.16. The molecule has 0 bridgehead atoms. The highest BCUT2D eigenvalue weighted by Gasteiger charge is 2.15. The first-order valence-corrected chi connectivity index (χ1v) is 11.8. The first-order valence-electron chi connectivity index (χ1n) is 10.3. The molecule has 2 N–H and O–H groups in total. The van der Waals surface area contributed by atoms with Crippen molar-refractivity contribution in [3.63, 3.8) is 0 Å². The molecule has 3 rings (SSSR count). The van der Waals surface area contributed by atoms with E-state index in [4.69, 9.17) is 0 Å². The second-order valence-corrected chi connectivity index (χ2v) is 9.85. The van der Waals surface area contributed by atoms with Gasteiger partial charge in [0.15, 0.2) is 0 Å². The molecule has 0 unspecified atom stereocenters. The average molecular weight is 452 g/mol. The summed E-state index contributed by atoms with van der Waals surface area (Å²) in [4.78, 5) is 14.7. The van der Waals surface area contributed by atoms with Gasteiger partial charge in [-0.3, -0.25) is 9.52 Å². The largest absolute Gasteiger partial charge is 0.348 e. The lowest BCUT2D eigenvalue weighted by Gasteiger charge is -2.11. The number of carbonyl (C=O) groups excluding carboxylic acids is 1. The van der Waals surface area contributed by atoms with E-state index < -0.39 is 10.0 Å². The Morgan fingerprint density at radius 2 is 1.47 bits per heavy atom. The van der Waals surface area contributed by atoms with Crippen molar-refractivity contribution in [1.82, 2.24) is 10.2 Å². The Morgan fingerprint density at radius 1 is 0.844 bits per heavy atom. The van der Waals surface area contributed by atoms with Crippen molar-refractivity contribution < 1.29 is 13.2 Å². The number of carbonyl (C=O) groups is 1. The highest BCUT2D eigenvalue weighted by atomic mass is 32.2. The SMILES string of the molecule is Cc1ccc(NS(=O)(=O)c2ccc(C(=O)NCc3ccc(CN(C)C)cc3)cc2)cc1C. The van der Waals surface area contributed by atoms with Crippen molar-refractivity contribution in [1.29, 1.82) is 0 Å². The van der Waals surface area contributed by atoms with Gasteiger partial charge in [0.25, 0.3) is 15.9 Å². The van der Waals surface area contributed by atoms with Gasteiger partial charge in [0, 0.05) is 24.3 Å². The zero-order valence-electron chi connectivity index (χ0n) is 18.8. The molecule has 0 fully saturated rings. The molecule has 32 heavy (non-hydrogen) atoms. The van der Waals surface area contributed by atoms with E-state index in [1.807, 2.05) is 58.3 Å². The normalized spacial score (nSPS) is 11.4. The second-order valence-electron chi connectivity index (χ2n) is 8.17. The number of anilines is 1. The Balaban J connectivity index is 1.61. The fraction of sp³-hybridized carbons (Fsp3) is 0.240. The van der Waals surface area contributed by atoms with Crippen LogP contribution in [-0.4, -0.2) is 33.3 Å². The number of hydrogen-bond donors (Lipinski definition) is 2. The van der Waals surface area contributed by atoms with E-state index in [2.05, 4.69) is 14.9 Å². The van der Waals surface area contributed by atoms with E-state index in [1.165, 1.54) is 29.8 Å². The summed E-state index contributed by atoms with van der Waals surface area (Å²) in [5, 5.41) is 2.87. The van der Waals surface area contributed by atoms with Crippen LogP contribution >= 0.6 is 0 Å². The number of nitrogens with one attached hydrogen (secondary N) is 2. The van der Waals surface area contributed by atoms with E-state index in [1.54, 1.807) is 12.1 Å². The van der Waals surface area contributed by atoms with Crippen LogP contribution in [0.1, 0.15) is 32.6 Å². The second kappa shape index (κ2) is 9.97. The predicted molar refractivity (Wildman–Crippen MR) is 128 cm³/mol. The minimum Gasteiger partial charge on any atom is -0.348 e. The van der Waals surface area contributed by atoms with Gasteiger partial charge < -0.3 is 10.2 Å². The van der Waals surface area contributed by atoms with E-state index in [0.717, 1.165) is 23.2 Å². The smallest absolute Gasteiger partial charge is 0.261 e. The number of rotatable bonds is 8. The van der Waals surface area contributed by atoms with Gasteiger partial charge in [0.2, 0.25) is 0 Å². The monoisotopic (exact) mass is 451 g/mol. The van der Waals surface area contributed by atoms with Crippen LogP contribution < -0.4 is 10.0 Å². The lowest BCUT2D eigenvalue weighted by atomic mass is 10.1. The molecule has 0 aromatic heterocycles. The predicted octanol–water partition coefficient (Wildman–Crippen LogP) is 4.10. The lowest BCUT2D eigenvalue weighted by Crippen LogP contribution is -2.23. The van der Waals surface area contributed by atoms with Crippen LogP contribution in [0.4, 0.5) is 5.69 Å². The van der Waals surface area contributed by atoms with Crippen LogP contribution in [-0.2, 0) is 23.1 Å². The number of amides is 1. The van der Waals surface area contributed by atoms with E-state index in [-0.39, 0.29) is 10.8 Å². The van der Waals surface area contributed by atoms with Crippen molar-refractivity contribution in [3.05, 3.63) is 94.5 Å². The number of benzene rings is 3. The van der Waals surface area contributed by atoms with Gasteiger partial charge in [-0.2, -0.15) is 0 Å². The Labute approximate surface area is 190 Å². The first kappa shape index (κ1) is 23.5. The van der Waals surface area contributed by atoms with Crippen LogP contribution in [0.25, 0.3) is 0 Å². The number of aryl methyl sites for hydroxylation is 2. The molecule has 0 aliphatic heterocycles. The summed E-state index contributed by atoms with van der Waals surface area (Å²) in [5.41, 5.74) is 5.21. The van der Waals surface area contributed by atoms with Gasteiger partial charge in [0.1, 0.15) is 0 Å². The molecule has 0 aliphatic rings. The molecule has 6 nitrogen and oxygen atoms in total. The maximum absolute atomic E-state index is 12.7. The van der Waals surface area contributed by atoms with Crippen LogP contribution in [0.3, 0.4) is 0 Å². The molecule has 0 spiro atoms. The number of hydrogen-bond acceptors (Lipinski definition) is 4. The summed E-state index contributed by atoms with van der Waals surface area (Å²) < 4.78 is 27.9. The quantitative estimate of drug-likeness (QED) is 0.541. The fourth-order valence-electron chi connectivity index (χ4n) is 3.22. The van der Waals surface area contributed by atoms with Gasteiger partial charge in [-0.25, -0.2) is 8.42 Å². The maximum atomic E-state index is 12.7. The fourth-order valence-corrected chi connectivity index (χ4v) is 4.27. The topological polar surface area (TPSA) is 78.5 Å². The minimum absolute atomic E-state index is 0.101. The number of nitrogens with zero attached hydrogens (tertiary/aromatic N) is 1. The summed E-state index contributed by atoms with van der Waals surface area (Å²) in [5.74, 6) is -0.256. The molecular weight excluding hydrogens is 422 g/mol. The molecule has 0 aliphatic carbocycles. The molecule has 7 heteroatoms. The zero-order valence-corrected chi connectivity index (χ0v) is 19.7. The maximum Gasteiger partial charge on any atom is 0.261 e. The molecule has 1 amide bonds. The van der Waals surface area contributed by atoms with Gasteiger partial charge in [-0.1, -0.05) is 30.3 Å². The molecule has 0 radical (unpaired) electrons. The molecule has 0 saturated carbocycles. The highest BCUT2D eigenvalue weighted by Crippen LogP contribution is 2.19. The minimum atomic E-state index is -3.74. The Bertz CT molecular complexity index is 1190. The van der Waals surface area contributed by atoms with Crippen molar-refractivity contribution in [2.45, 2.75) is 31.8 Å². The molecule has 0 saturated heterocycles. The van der Waals surface area contributed by atoms with Crippen molar-refractivity contribution >= 4 is 21.6 Å². The molecular formula is C25H29N3O3S. The van der Waals surface area contributed by atoms with Crippen molar-refractivity contribution in [2.24, 2.45) is 0 Å². The average Bonchev–Trinajstić information content (AvgIpc) is 2.75. The third-order valence-corrected chi connectivity index (χ3v) is 6.56. The van der Waals surface area contributed by atoms with E-state index >= 15 is 0 Å². The van der Waals surface area contributed by atoms with Gasteiger partial charge >= 0.3 is 0 Å². The van der Waals surface area contributed by atoms with Gasteiger partial charge in [-0.05, 0) is 86.6 Å². The van der Waals surface area contributed by atoms with E-state index in [9.17, 15) is 13.2 Å². The summed E-state index contributed by atoms with van der Waals surface area (Å²) in [6.07, 6.45) is 0. The van der Waals surface area contributed by atoms with Gasteiger partial charge in [-0.15, -0.1) is 0 Å².